The zero-order chi connectivity index (χ0) is 26.5. The molecule has 0 unspecified atom stereocenters. The highest BCUT2D eigenvalue weighted by atomic mass is 19.4. The van der Waals surface area contributed by atoms with Gasteiger partial charge >= 0.3 is 42.4 Å². The van der Waals surface area contributed by atoms with Crippen molar-refractivity contribution in [1.29, 1.82) is 0 Å². The summed E-state index contributed by atoms with van der Waals surface area (Å²) in [7, 11) is 0. The number of nitrogens with zero attached hydrogens (tertiary/aromatic N) is 1. The number of likely N-dealkylation sites (tertiary alicyclic amines) is 1. The smallest absolute Gasteiger partial charge is 0.287 e. The summed E-state index contributed by atoms with van der Waals surface area (Å²) in [5.41, 5.74) is -8.02. The van der Waals surface area contributed by atoms with Crippen molar-refractivity contribution in [1.82, 2.24) is 4.90 Å². The van der Waals surface area contributed by atoms with Crippen LogP contribution in [0.1, 0.15) is 19.3 Å². The Labute approximate surface area is 171 Å². The number of rotatable bonds is 7. The zero-order valence-electron chi connectivity index (χ0n) is 15.3. The predicted molar refractivity (Wildman–Crippen MR) is 71.5 cm³/mol. The first-order valence-corrected chi connectivity index (χ1v) is 8.23. The average Bonchev–Trinajstić information content (AvgIpc) is 2.63. The van der Waals surface area contributed by atoms with E-state index in [1.165, 1.54) is 0 Å². The fourth-order valence-electron chi connectivity index (χ4n) is 2.91. The highest BCUT2D eigenvalue weighted by Crippen LogP contribution is 2.64. The molecule has 1 rings (SSSR count). The third-order valence-corrected chi connectivity index (χ3v) is 4.48. The van der Waals surface area contributed by atoms with Gasteiger partial charge in [-0.2, -0.15) is 74.6 Å². The molecule has 0 N–H and O–H groups in total. The molecule has 1 heterocycles. The van der Waals surface area contributed by atoms with Crippen molar-refractivity contribution in [3.8, 4) is 0 Å². The summed E-state index contributed by atoms with van der Waals surface area (Å²) in [5.74, 6) is -21.0. The van der Waals surface area contributed by atoms with E-state index in [1.54, 1.807) is 0 Å². The lowest BCUT2D eigenvalue weighted by molar-refractivity contribution is -0.512. The van der Waals surface area contributed by atoms with Crippen LogP contribution in [0.2, 0.25) is 0 Å². The molecule has 19 heteroatoms. The van der Waals surface area contributed by atoms with Crippen molar-refractivity contribution < 1.29 is 79.4 Å². The van der Waals surface area contributed by atoms with E-state index >= 15 is 0 Å². The number of alkyl halides is 14. The van der Waals surface area contributed by atoms with Gasteiger partial charge in [-0.3, -0.25) is 4.74 Å². The maximum absolute atomic E-state index is 14.9. The molecule has 196 valence electrons. The molecule has 1 fully saturated rings. The van der Waals surface area contributed by atoms with Gasteiger partial charge < -0.3 is 0 Å². The standard InChI is InChI=1S/C14H10F17NO/c15-6(7(16)17)8(18,19)33-9(10(20,21)12(24,25)26,11(22,23)13(27,28)29)14(30,31)32-4-2-1-3-5-32/h1-5H2. The second kappa shape index (κ2) is 8.60. The number of ether oxygens (including phenoxy) is 1. The van der Waals surface area contributed by atoms with Gasteiger partial charge in [-0.1, -0.05) is 6.42 Å². The minimum atomic E-state index is -8.24. The molecular weight excluding hydrogens is 521 g/mol. The molecule has 1 aliphatic rings. The van der Waals surface area contributed by atoms with Crippen molar-refractivity contribution in [3.63, 3.8) is 0 Å². The molecule has 0 radical (unpaired) electrons. The molecule has 1 aliphatic heterocycles. The van der Waals surface area contributed by atoms with E-state index in [4.69, 9.17) is 0 Å². The van der Waals surface area contributed by atoms with Crippen LogP contribution in [-0.4, -0.2) is 59.9 Å². The van der Waals surface area contributed by atoms with Gasteiger partial charge in [-0.25, -0.2) is 4.90 Å². The SMILES string of the molecule is FC(F)=C(F)C(F)(F)OC(C(F)(F)N1CCCCC1)(C(F)(F)C(F)(F)F)C(F)(F)C(F)(F)F. The largest absolute Gasteiger partial charge is 0.457 e. The van der Waals surface area contributed by atoms with Gasteiger partial charge in [-0.05, 0) is 12.8 Å². The van der Waals surface area contributed by atoms with Crippen molar-refractivity contribution in [2.45, 2.75) is 61.2 Å². The summed E-state index contributed by atoms with van der Waals surface area (Å²) in [6.45, 7) is -2.97. The minimum Gasteiger partial charge on any atom is -0.287 e. The van der Waals surface area contributed by atoms with Crippen LogP contribution in [0.25, 0.3) is 0 Å². The summed E-state index contributed by atoms with van der Waals surface area (Å²) in [4.78, 5) is -1.17. The molecule has 0 saturated carbocycles. The molecule has 0 spiro atoms. The van der Waals surface area contributed by atoms with Crippen molar-refractivity contribution >= 4 is 0 Å². The topological polar surface area (TPSA) is 12.5 Å². The average molecular weight is 531 g/mol. The fraction of sp³-hybridized carbons (Fsp3) is 0.857. The van der Waals surface area contributed by atoms with E-state index < -0.39 is 84.7 Å². The summed E-state index contributed by atoms with van der Waals surface area (Å²) in [5, 5.41) is 0. The van der Waals surface area contributed by atoms with Gasteiger partial charge in [0.25, 0.3) is 11.4 Å². The van der Waals surface area contributed by atoms with Crippen LogP contribution in [0, 0.1) is 0 Å². The molecule has 0 atom stereocenters. The number of hydrogen-bond donors (Lipinski definition) is 0. The molecule has 0 aromatic heterocycles. The molecule has 0 aliphatic carbocycles. The Morgan fingerprint density at radius 1 is 0.576 bits per heavy atom. The Kier molecular flexibility index (Phi) is 7.69. The van der Waals surface area contributed by atoms with Gasteiger partial charge in [-0.15, -0.1) is 0 Å². The van der Waals surface area contributed by atoms with Gasteiger partial charge in [0.2, 0.25) is 0 Å². The monoisotopic (exact) mass is 531 g/mol. The second-order valence-corrected chi connectivity index (χ2v) is 6.61. The first-order chi connectivity index (χ1) is 14.4. The summed E-state index contributed by atoms with van der Waals surface area (Å²) >= 11 is 0. The fourth-order valence-corrected chi connectivity index (χ4v) is 2.91. The maximum Gasteiger partial charge on any atom is 0.457 e. The van der Waals surface area contributed by atoms with E-state index in [2.05, 4.69) is 0 Å². The zero-order valence-corrected chi connectivity index (χ0v) is 15.3. The quantitative estimate of drug-likeness (QED) is 0.262. The molecular formula is C14H10F17NO. The van der Waals surface area contributed by atoms with E-state index in [1.807, 2.05) is 4.74 Å². The van der Waals surface area contributed by atoms with Crippen molar-refractivity contribution in [2.75, 3.05) is 13.1 Å². The maximum atomic E-state index is 14.9. The first kappa shape index (κ1) is 29.5. The summed E-state index contributed by atoms with van der Waals surface area (Å²) in [6.07, 6.45) is -28.8. The number of hydrogen-bond acceptors (Lipinski definition) is 2. The van der Waals surface area contributed by atoms with Crippen LogP contribution < -0.4 is 0 Å². The highest BCUT2D eigenvalue weighted by molar-refractivity contribution is 5.19. The molecule has 33 heavy (non-hydrogen) atoms. The van der Waals surface area contributed by atoms with Crippen molar-refractivity contribution in [2.24, 2.45) is 0 Å². The van der Waals surface area contributed by atoms with Gasteiger partial charge in [0, 0.05) is 13.1 Å². The highest BCUT2D eigenvalue weighted by Gasteiger charge is 2.95. The van der Waals surface area contributed by atoms with Crippen LogP contribution in [0.15, 0.2) is 11.9 Å². The third kappa shape index (κ3) is 4.58. The van der Waals surface area contributed by atoms with E-state index in [-0.39, 0.29) is 6.42 Å². The normalized spacial score (nSPS) is 18.5. The summed E-state index contributed by atoms with van der Waals surface area (Å²) < 4.78 is 230. The molecule has 0 bridgehead atoms. The van der Waals surface area contributed by atoms with Crippen LogP contribution >= 0.6 is 0 Å². The van der Waals surface area contributed by atoms with E-state index in [0.717, 1.165) is 0 Å². The molecule has 0 amide bonds. The van der Waals surface area contributed by atoms with E-state index in [9.17, 15) is 74.6 Å². The van der Waals surface area contributed by atoms with E-state index in [0.29, 0.717) is 0 Å². The van der Waals surface area contributed by atoms with Crippen LogP contribution in [0.4, 0.5) is 74.6 Å². The molecule has 1 saturated heterocycles. The number of halogens is 17. The number of piperidine rings is 1. The Balaban J connectivity index is 4.20. The molecule has 0 aromatic carbocycles. The summed E-state index contributed by atoms with van der Waals surface area (Å²) in [6, 6.07) is -7.00. The van der Waals surface area contributed by atoms with Crippen LogP contribution in [0.5, 0.6) is 0 Å². The van der Waals surface area contributed by atoms with Gasteiger partial charge in [0.05, 0.1) is 0 Å². The van der Waals surface area contributed by atoms with Gasteiger partial charge in [0.15, 0.2) is 0 Å². The Hall–Kier alpha value is -1.53. The van der Waals surface area contributed by atoms with Gasteiger partial charge in [0.1, 0.15) is 0 Å². The predicted octanol–water partition coefficient (Wildman–Crippen LogP) is 6.89. The lowest BCUT2D eigenvalue weighted by Gasteiger charge is -2.52. The van der Waals surface area contributed by atoms with Crippen LogP contribution in [-0.2, 0) is 4.74 Å². The Morgan fingerprint density at radius 3 is 1.24 bits per heavy atom. The molecule has 2 nitrogen and oxygen atoms in total. The van der Waals surface area contributed by atoms with Crippen LogP contribution in [0.3, 0.4) is 0 Å². The second-order valence-electron chi connectivity index (χ2n) is 6.61. The molecule has 0 aromatic rings. The minimum absolute atomic E-state index is 0.119. The van der Waals surface area contributed by atoms with Crippen molar-refractivity contribution in [3.05, 3.63) is 11.9 Å². The Morgan fingerprint density at radius 2 is 0.939 bits per heavy atom. The first-order valence-electron chi connectivity index (χ1n) is 8.23. The lowest BCUT2D eigenvalue weighted by Crippen LogP contribution is -2.82. The lowest BCUT2D eigenvalue weighted by atomic mass is 9.82. The third-order valence-electron chi connectivity index (χ3n) is 4.48. The Bertz CT molecular complexity index is 701.